The number of likely N-dealkylation sites (N-methyl/N-ethyl adjacent to an activating group) is 1. The number of anilines is 1. The normalized spacial score (nSPS) is 16.4. The lowest BCUT2D eigenvalue weighted by molar-refractivity contribution is 0.0817. The van der Waals surface area contributed by atoms with Crippen molar-refractivity contribution in [3.8, 4) is 11.5 Å². The number of methoxy groups -OCH3 is 2. The van der Waals surface area contributed by atoms with E-state index in [1.165, 1.54) is 0 Å². The van der Waals surface area contributed by atoms with Gasteiger partial charge < -0.3 is 19.7 Å². The number of carbonyl (C=O) groups is 1. The molecule has 0 radical (unpaired) electrons. The first-order chi connectivity index (χ1) is 12.9. The summed E-state index contributed by atoms with van der Waals surface area (Å²) in [7, 11) is 4.96. The monoisotopic (exact) mass is 387 g/mol. The molecule has 1 N–H and O–H groups in total. The average molecular weight is 388 g/mol. The highest BCUT2D eigenvalue weighted by Gasteiger charge is 2.23. The standard InChI is InChI=1S/C20H22ClN3O3/c1-12(13-5-8-17(26-3)18(9-13)27-4)22-19-11-24(2)20(25)15-10-14(21)6-7-16(15)23-19/h5-10,12H,11H2,1-4H3,(H,22,23). The summed E-state index contributed by atoms with van der Waals surface area (Å²) in [4.78, 5) is 19.0. The topological polar surface area (TPSA) is 63.2 Å². The van der Waals surface area contributed by atoms with Gasteiger partial charge in [0, 0.05) is 12.1 Å². The third-order valence-electron chi connectivity index (χ3n) is 4.46. The summed E-state index contributed by atoms with van der Waals surface area (Å²) >= 11 is 6.05. The number of ether oxygens (including phenoxy) is 2. The Kier molecular flexibility index (Phi) is 5.56. The summed E-state index contributed by atoms with van der Waals surface area (Å²) in [5.41, 5.74) is 2.22. The van der Waals surface area contributed by atoms with E-state index in [1.54, 1.807) is 44.4 Å². The summed E-state index contributed by atoms with van der Waals surface area (Å²) in [5.74, 6) is 1.94. The molecule has 0 spiro atoms. The maximum atomic E-state index is 12.6. The van der Waals surface area contributed by atoms with E-state index in [9.17, 15) is 4.79 Å². The molecule has 7 heteroatoms. The maximum Gasteiger partial charge on any atom is 0.256 e. The predicted molar refractivity (Wildman–Crippen MR) is 107 cm³/mol. The van der Waals surface area contributed by atoms with Crippen LogP contribution in [0.4, 0.5) is 5.69 Å². The summed E-state index contributed by atoms with van der Waals surface area (Å²) < 4.78 is 10.7. The highest BCUT2D eigenvalue weighted by atomic mass is 35.5. The van der Waals surface area contributed by atoms with E-state index in [-0.39, 0.29) is 11.9 Å². The van der Waals surface area contributed by atoms with Crippen LogP contribution in [-0.2, 0) is 0 Å². The molecule has 27 heavy (non-hydrogen) atoms. The molecule has 1 atom stereocenters. The van der Waals surface area contributed by atoms with Gasteiger partial charge in [-0.05, 0) is 42.8 Å². The molecule has 1 aliphatic heterocycles. The highest BCUT2D eigenvalue weighted by molar-refractivity contribution is 6.31. The number of hydrogen-bond donors (Lipinski definition) is 1. The lowest BCUT2D eigenvalue weighted by atomic mass is 10.1. The van der Waals surface area contributed by atoms with Gasteiger partial charge >= 0.3 is 0 Å². The van der Waals surface area contributed by atoms with Crippen LogP contribution in [0.5, 0.6) is 11.5 Å². The fraction of sp³-hybridized carbons (Fsp3) is 0.300. The minimum atomic E-state index is -0.135. The van der Waals surface area contributed by atoms with Gasteiger partial charge in [-0.1, -0.05) is 17.7 Å². The molecule has 1 aliphatic rings. The number of amidine groups is 1. The van der Waals surface area contributed by atoms with Gasteiger partial charge in [0.1, 0.15) is 5.84 Å². The zero-order valence-electron chi connectivity index (χ0n) is 15.7. The van der Waals surface area contributed by atoms with E-state index in [0.717, 1.165) is 5.56 Å². The summed E-state index contributed by atoms with van der Waals surface area (Å²) in [6, 6.07) is 10.8. The van der Waals surface area contributed by atoms with Crippen molar-refractivity contribution in [2.75, 3.05) is 33.1 Å². The minimum Gasteiger partial charge on any atom is -0.493 e. The van der Waals surface area contributed by atoms with E-state index < -0.39 is 0 Å². The molecule has 2 aromatic carbocycles. The van der Waals surface area contributed by atoms with Crippen molar-refractivity contribution in [1.82, 2.24) is 4.90 Å². The Balaban J connectivity index is 1.92. The van der Waals surface area contributed by atoms with Crippen LogP contribution in [0, 0.1) is 0 Å². The molecular formula is C20H22ClN3O3. The molecule has 3 rings (SSSR count). The van der Waals surface area contributed by atoms with E-state index >= 15 is 0 Å². The van der Waals surface area contributed by atoms with Gasteiger partial charge in [0.15, 0.2) is 11.5 Å². The number of halogens is 1. The second-order valence-corrected chi connectivity index (χ2v) is 6.78. The van der Waals surface area contributed by atoms with Gasteiger partial charge in [0.2, 0.25) is 0 Å². The van der Waals surface area contributed by atoms with Gasteiger partial charge in [0.25, 0.3) is 5.91 Å². The Hall–Kier alpha value is -2.73. The van der Waals surface area contributed by atoms with Gasteiger partial charge in [-0.15, -0.1) is 0 Å². The third-order valence-corrected chi connectivity index (χ3v) is 4.70. The molecule has 0 fully saturated rings. The van der Waals surface area contributed by atoms with E-state index in [1.807, 2.05) is 25.1 Å². The SMILES string of the molecule is COc1ccc(C(C)N=C2CN(C)C(=O)c3cc(Cl)ccc3N2)cc1OC. The molecule has 2 aromatic rings. The Labute approximate surface area is 163 Å². The smallest absolute Gasteiger partial charge is 0.256 e. The lowest BCUT2D eigenvalue weighted by Gasteiger charge is -2.16. The van der Waals surface area contributed by atoms with Crippen LogP contribution in [0.25, 0.3) is 0 Å². The second kappa shape index (κ2) is 7.88. The van der Waals surface area contributed by atoms with Crippen LogP contribution in [0.15, 0.2) is 41.4 Å². The molecule has 6 nitrogen and oxygen atoms in total. The van der Waals surface area contributed by atoms with Gasteiger partial charge in [-0.3, -0.25) is 9.79 Å². The highest BCUT2D eigenvalue weighted by Crippen LogP contribution is 2.31. The number of benzene rings is 2. The van der Waals surface area contributed by atoms with Crippen LogP contribution in [0.3, 0.4) is 0 Å². The molecular weight excluding hydrogens is 366 g/mol. The third kappa shape index (κ3) is 4.01. The zero-order chi connectivity index (χ0) is 19.6. The van der Waals surface area contributed by atoms with E-state index in [2.05, 4.69) is 5.32 Å². The van der Waals surface area contributed by atoms with Gasteiger partial charge in [-0.25, -0.2) is 0 Å². The van der Waals surface area contributed by atoms with E-state index in [4.69, 9.17) is 26.1 Å². The van der Waals surface area contributed by atoms with Crippen LogP contribution in [0.2, 0.25) is 5.02 Å². The average Bonchev–Trinajstić information content (AvgIpc) is 2.78. The van der Waals surface area contributed by atoms with Crippen molar-refractivity contribution in [2.45, 2.75) is 13.0 Å². The molecule has 0 bridgehead atoms. The Morgan fingerprint density at radius 3 is 2.59 bits per heavy atom. The fourth-order valence-corrected chi connectivity index (χ4v) is 3.17. The molecule has 1 heterocycles. The molecule has 0 aliphatic carbocycles. The molecule has 0 aromatic heterocycles. The summed E-state index contributed by atoms with van der Waals surface area (Å²) in [6.07, 6.45) is 0. The molecule has 142 valence electrons. The first-order valence-corrected chi connectivity index (χ1v) is 8.91. The van der Waals surface area contributed by atoms with Crippen LogP contribution < -0.4 is 14.8 Å². The van der Waals surface area contributed by atoms with E-state index in [0.29, 0.717) is 40.2 Å². The Morgan fingerprint density at radius 1 is 1.15 bits per heavy atom. The lowest BCUT2D eigenvalue weighted by Crippen LogP contribution is -2.31. The number of nitrogens with one attached hydrogen (secondary N) is 1. The quantitative estimate of drug-likeness (QED) is 0.860. The van der Waals surface area contributed by atoms with Crippen LogP contribution >= 0.6 is 11.6 Å². The maximum absolute atomic E-state index is 12.6. The van der Waals surface area contributed by atoms with Crippen molar-refractivity contribution >= 4 is 29.0 Å². The number of carbonyl (C=O) groups excluding carboxylic acids is 1. The van der Waals surface area contributed by atoms with Gasteiger partial charge in [-0.2, -0.15) is 0 Å². The molecule has 1 amide bonds. The van der Waals surface area contributed by atoms with Crippen molar-refractivity contribution in [3.63, 3.8) is 0 Å². The van der Waals surface area contributed by atoms with Crippen LogP contribution in [0.1, 0.15) is 28.9 Å². The van der Waals surface area contributed by atoms with Crippen molar-refractivity contribution in [1.29, 1.82) is 0 Å². The zero-order valence-corrected chi connectivity index (χ0v) is 16.5. The molecule has 0 saturated carbocycles. The van der Waals surface area contributed by atoms with Crippen molar-refractivity contribution < 1.29 is 14.3 Å². The van der Waals surface area contributed by atoms with Gasteiger partial charge in [0.05, 0.1) is 38.1 Å². The first-order valence-electron chi connectivity index (χ1n) is 8.53. The Bertz CT molecular complexity index is 898. The predicted octanol–water partition coefficient (Wildman–Crippen LogP) is 4.01. The molecule has 1 unspecified atom stereocenters. The minimum absolute atomic E-state index is 0.0935. The second-order valence-electron chi connectivity index (χ2n) is 6.34. The Morgan fingerprint density at radius 2 is 1.89 bits per heavy atom. The van der Waals surface area contributed by atoms with Crippen molar-refractivity contribution in [3.05, 3.63) is 52.5 Å². The summed E-state index contributed by atoms with van der Waals surface area (Å²) in [6.45, 7) is 2.37. The number of fused-ring (bicyclic) bond motifs is 1. The number of aliphatic imine (C=N–C) groups is 1. The first kappa shape index (κ1) is 19.0. The number of amides is 1. The number of hydrogen-bond acceptors (Lipinski definition) is 4. The summed E-state index contributed by atoms with van der Waals surface area (Å²) in [5, 5.41) is 3.80. The molecule has 0 saturated heterocycles. The largest absolute Gasteiger partial charge is 0.493 e. The number of rotatable bonds is 4. The van der Waals surface area contributed by atoms with Crippen LogP contribution in [-0.4, -0.2) is 44.5 Å². The fourth-order valence-electron chi connectivity index (χ4n) is 2.99. The van der Waals surface area contributed by atoms with Crippen molar-refractivity contribution in [2.24, 2.45) is 4.99 Å². The number of nitrogens with zero attached hydrogens (tertiary/aromatic N) is 2.